The van der Waals surface area contributed by atoms with Crippen LogP contribution in [0.15, 0.2) is 207 Å². The summed E-state index contributed by atoms with van der Waals surface area (Å²) in [6.45, 7) is 0. The summed E-state index contributed by atoms with van der Waals surface area (Å²) in [4.78, 5) is 14.5. The Morgan fingerprint density at radius 1 is 0.338 bits per heavy atom. The van der Waals surface area contributed by atoms with Crippen molar-refractivity contribution in [1.82, 2.24) is 28.7 Å². The average molecular weight is 831 g/mol. The van der Waals surface area contributed by atoms with E-state index in [-0.39, 0.29) is 0 Å². The molecule has 6 aromatic heterocycles. The molecule has 302 valence electrons. The van der Waals surface area contributed by atoms with Gasteiger partial charge in [-0.3, -0.25) is 15.0 Å². The van der Waals surface area contributed by atoms with Gasteiger partial charge >= 0.3 is 0 Å². The van der Waals surface area contributed by atoms with E-state index in [1.807, 2.05) is 36.9 Å². The lowest BCUT2D eigenvalue weighted by Gasteiger charge is -2.39. The van der Waals surface area contributed by atoms with Crippen molar-refractivity contribution in [1.29, 1.82) is 0 Å². The quantitative estimate of drug-likeness (QED) is 0.178. The highest BCUT2D eigenvalue weighted by Gasteiger charge is 2.52. The van der Waals surface area contributed by atoms with Crippen molar-refractivity contribution in [2.75, 3.05) is 0 Å². The molecule has 0 unspecified atom stereocenters. The zero-order valence-electron chi connectivity index (χ0n) is 34.7. The average Bonchev–Trinajstić information content (AvgIpc) is 4.08. The topological polar surface area (TPSA) is 62.7 Å². The fourth-order valence-electron chi connectivity index (χ4n) is 11.5. The first-order chi connectivity index (χ1) is 32.3. The Hall–Kier alpha value is -8.81. The molecule has 0 N–H and O–H groups in total. The summed E-state index contributed by atoms with van der Waals surface area (Å²) in [6, 6.07) is 65.5. The number of hydrogen-bond acceptors (Lipinski definition) is 4. The Labute approximate surface area is 371 Å². The van der Waals surface area contributed by atoms with Crippen LogP contribution in [0.2, 0.25) is 0 Å². The van der Waals surface area contributed by atoms with Gasteiger partial charge in [0.25, 0.3) is 0 Å². The largest absolute Gasteiger partial charge is 0.457 e. The number of nitrogens with zero attached hydrogens (tertiary/aromatic N) is 6. The van der Waals surface area contributed by atoms with Crippen molar-refractivity contribution in [3.8, 4) is 39.9 Å². The Balaban J connectivity index is 0.970. The number of fused-ring (bicyclic) bond motifs is 18. The maximum absolute atomic E-state index is 7.29. The standard InChI is InChI=1S/C58H34N6O/c1-5-17-48-38(11-1)39-12-2-6-18-49(39)62(48)36-21-24-44-54(32-36)65-55-33-37(22-25-45(55)58(44)46-15-9-28-60-56(46)57-47(58)16-10-29-61-57)63-51-20-8-4-14-41(51)43-31-35(23-26-52(43)63)64-50-19-7-3-13-40(50)42-27-30-59-34-53(42)64/h1-34H. The van der Waals surface area contributed by atoms with Crippen molar-refractivity contribution in [2.24, 2.45) is 0 Å². The monoisotopic (exact) mass is 830 g/mol. The van der Waals surface area contributed by atoms with Crippen LogP contribution in [0.3, 0.4) is 0 Å². The summed E-state index contributed by atoms with van der Waals surface area (Å²) in [6.07, 6.45) is 7.59. The Morgan fingerprint density at radius 2 is 0.769 bits per heavy atom. The Morgan fingerprint density at radius 3 is 1.31 bits per heavy atom. The van der Waals surface area contributed by atoms with Crippen LogP contribution in [-0.2, 0) is 5.41 Å². The molecule has 7 heterocycles. The molecule has 7 aromatic carbocycles. The number of hydrogen-bond donors (Lipinski definition) is 0. The van der Waals surface area contributed by atoms with E-state index in [1.54, 1.807) is 0 Å². The molecule has 1 aliphatic heterocycles. The van der Waals surface area contributed by atoms with Gasteiger partial charge < -0.3 is 18.4 Å². The maximum atomic E-state index is 7.29. The molecule has 0 amide bonds. The van der Waals surface area contributed by atoms with E-state index in [9.17, 15) is 0 Å². The summed E-state index contributed by atoms with van der Waals surface area (Å²) < 4.78 is 14.4. The summed E-state index contributed by atoms with van der Waals surface area (Å²) in [5.41, 5.74) is 15.3. The maximum Gasteiger partial charge on any atom is 0.134 e. The third-order valence-electron chi connectivity index (χ3n) is 14.1. The normalized spacial score (nSPS) is 13.5. The third kappa shape index (κ3) is 4.46. The van der Waals surface area contributed by atoms with E-state index in [0.717, 1.165) is 95.3 Å². The molecule has 7 nitrogen and oxygen atoms in total. The SMILES string of the molecule is c1cnc2c(c1)C1(c3ccc(-n4c5ccccc5c5ccccc54)cc3Oc3cc(-n4c5ccccc5c5cc(-n6c7ccccc7c7ccncc76)ccc54)ccc31)c1cccnc1-2. The number of para-hydroxylation sites is 4. The van der Waals surface area contributed by atoms with Crippen LogP contribution in [0.4, 0.5) is 0 Å². The fourth-order valence-corrected chi connectivity index (χ4v) is 11.5. The third-order valence-corrected chi connectivity index (χ3v) is 14.1. The number of benzene rings is 7. The molecule has 0 fully saturated rings. The second-order valence-corrected chi connectivity index (χ2v) is 17.2. The lowest BCUT2D eigenvalue weighted by atomic mass is 9.66. The molecule has 0 saturated heterocycles. The molecule has 0 saturated carbocycles. The van der Waals surface area contributed by atoms with E-state index in [1.165, 1.54) is 32.3 Å². The molecule has 15 rings (SSSR count). The molecule has 0 atom stereocenters. The van der Waals surface area contributed by atoms with Gasteiger partial charge in [0.15, 0.2) is 0 Å². The van der Waals surface area contributed by atoms with Crippen LogP contribution >= 0.6 is 0 Å². The minimum Gasteiger partial charge on any atom is -0.457 e. The highest BCUT2D eigenvalue weighted by Crippen LogP contribution is 2.61. The van der Waals surface area contributed by atoms with E-state index < -0.39 is 5.41 Å². The molecule has 1 spiro atoms. The van der Waals surface area contributed by atoms with E-state index in [2.05, 4.69) is 189 Å². The van der Waals surface area contributed by atoms with Crippen LogP contribution in [0.1, 0.15) is 22.3 Å². The van der Waals surface area contributed by atoms with Crippen molar-refractivity contribution in [3.05, 3.63) is 229 Å². The lowest BCUT2D eigenvalue weighted by Crippen LogP contribution is -2.32. The molecule has 0 radical (unpaired) electrons. The van der Waals surface area contributed by atoms with E-state index in [4.69, 9.17) is 14.7 Å². The smallest absolute Gasteiger partial charge is 0.134 e. The van der Waals surface area contributed by atoms with Gasteiger partial charge in [-0.25, -0.2) is 0 Å². The van der Waals surface area contributed by atoms with Crippen molar-refractivity contribution >= 4 is 65.4 Å². The molecule has 0 bridgehead atoms. The number of aromatic nitrogens is 6. The van der Waals surface area contributed by atoms with Crippen LogP contribution in [-0.4, -0.2) is 28.7 Å². The van der Waals surface area contributed by atoms with Crippen LogP contribution < -0.4 is 4.74 Å². The number of rotatable bonds is 3. The Bertz CT molecular complexity index is 4040. The first-order valence-corrected chi connectivity index (χ1v) is 22.0. The molecule has 2 aliphatic rings. The molecule has 65 heavy (non-hydrogen) atoms. The summed E-state index contributed by atoms with van der Waals surface area (Å²) in [7, 11) is 0. The zero-order valence-corrected chi connectivity index (χ0v) is 34.7. The zero-order chi connectivity index (χ0) is 42.4. The second kappa shape index (κ2) is 12.6. The summed E-state index contributed by atoms with van der Waals surface area (Å²) in [5, 5.41) is 7.17. The predicted octanol–water partition coefficient (Wildman–Crippen LogP) is 13.6. The first-order valence-electron chi connectivity index (χ1n) is 22.0. The lowest BCUT2D eigenvalue weighted by molar-refractivity contribution is 0.436. The van der Waals surface area contributed by atoms with Gasteiger partial charge in [-0.05, 0) is 83.9 Å². The van der Waals surface area contributed by atoms with Crippen LogP contribution in [0.25, 0.3) is 93.9 Å². The van der Waals surface area contributed by atoms with E-state index >= 15 is 0 Å². The molecular formula is C58H34N6O. The first kappa shape index (κ1) is 34.7. The predicted molar refractivity (Wildman–Crippen MR) is 260 cm³/mol. The second-order valence-electron chi connectivity index (χ2n) is 17.2. The highest BCUT2D eigenvalue weighted by atomic mass is 16.5. The van der Waals surface area contributed by atoms with Gasteiger partial charge in [-0.2, -0.15) is 0 Å². The van der Waals surface area contributed by atoms with E-state index in [0.29, 0.717) is 0 Å². The molecule has 1 aliphatic carbocycles. The van der Waals surface area contributed by atoms with Gasteiger partial charge in [0.1, 0.15) is 11.5 Å². The fraction of sp³-hybridized carbons (Fsp3) is 0.0172. The minimum absolute atomic E-state index is 0.721. The molecular weight excluding hydrogens is 797 g/mol. The van der Waals surface area contributed by atoms with Crippen LogP contribution in [0, 0.1) is 0 Å². The molecule has 7 heteroatoms. The van der Waals surface area contributed by atoms with Gasteiger partial charge in [0.05, 0.1) is 56.1 Å². The van der Waals surface area contributed by atoms with Gasteiger partial charge in [-0.15, -0.1) is 0 Å². The minimum atomic E-state index is -0.721. The summed E-state index contributed by atoms with van der Waals surface area (Å²) in [5.74, 6) is 1.59. The Kier molecular flexibility index (Phi) is 6.76. The van der Waals surface area contributed by atoms with Gasteiger partial charge in [0.2, 0.25) is 0 Å². The van der Waals surface area contributed by atoms with Crippen molar-refractivity contribution in [3.63, 3.8) is 0 Å². The van der Waals surface area contributed by atoms with Gasteiger partial charge in [0, 0.05) is 91.2 Å². The van der Waals surface area contributed by atoms with Crippen molar-refractivity contribution in [2.45, 2.75) is 5.41 Å². The van der Waals surface area contributed by atoms with Gasteiger partial charge in [-0.1, -0.05) is 97.1 Å². The number of pyridine rings is 3. The molecule has 13 aromatic rings. The van der Waals surface area contributed by atoms with Crippen LogP contribution in [0.5, 0.6) is 11.5 Å². The summed E-state index contributed by atoms with van der Waals surface area (Å²) >= 11 is 0. The number of ether oxygens (including phenoxy) is 1. The highest BCUT2D eigenvalue weighted by molar-refractivity contribution is 6.12. The van der Waals surface area contributed by atoms with Crippen molar-refractivity contribution < 1.29 is 4.74 Å².